The second kappa shape index (κ2) is 9.28. The topological polar surface area (TPSA) is 45.1 Å². The van der Waals surface area contributed by atoms with Crippen LogP contribution in [0.15, 0.2) is 29.5 Å². The average Bonchev–Trinajstić information content (AvgIpc) is 2.41. The third kappa shape index (κ3) is 7.29. The number of aliphatic imine (C=N–C) groups is 1. The highest BCUT2D eigenvalue weighted by Crippen LogP contribution is 2.16. The van der Waals surface area contributed by atoms with E-state index in [1.807, 2.05) is 52.8 Å². The van der Waals surface area contributed by atoms with Crippen molar-refractivity contribution in [2.45, 2.75) is 53.6 Å². The molecule has 0 aliphatic heterocycles. The van der Waals surface area contributed by atoms with Gasteiger partial charge in [-0.1, -0.05) is 13.5 Å². The molecular weight excluding hydrogens is 278 g/mol. The molecule has 0 aromatic carbocycles. The Morgan fingerprint density at radius 2 is 1.86 bits per heavy atom. The number of ether oxygens (including phenoxy) is 1. The summed E-state index contributed by atoms with van der Waals surface area (Å²) in [5, 5.41) is 0. The van der Waals surface area contributed by atoms with Crippen LogP contribution >= 0.6 is 0 Å². The Balaban J connectivity index is 5.42. The summed E-state index contributed by atoms with van der Waals surface area (Å²) < 4.78 is 5.48. The van der Waals surface area contributed by atoms with Gasteiger partial charge in [-0.3, -0.25) is 4.99 Å². The number of amides is 1. The Morgan fingerprint density at radius 1 is 1.27 bits per heavy atom. The number of allylic oxidation sites excluding steroid dienone is 1. The fourth-order valence-electron chi connectivity index (χ4n) is 1.61. The number of amidine groups is 1. The molecule has 22 heavy (non-hydrogen) atoms. The molecule has 0 bridgehead atoms. The lowest BCUT2D eigenvalue weighted by molar-refractivity contribution is 0.0414. The molecule has 0 atom stereocenters. The SMILES string of the molecule is C=C(/C=C\N(C)CC)N(C(=O)OC(C)(C)C)/C(CC)=N/CC. The molecule has 126 valence electrons. The van der Waals surface area contributed by atoms with Crippen molar-refractivity contribution in [1.29, 1.82) is 0 Å². The highest BCUT2D eigenvalue weighted by atomic mass is 16.6. The van der Waals surface area contributed by atoms with Gasteiger partial charge in [-0.25, -0.2) is 9.69 Å². The predicted octanol–water partition coefficient (Wildman–Crippen LogP) is 4.03. The molecule has 1 amide bonds. The van der Waals surface area contributed by atoms with Crippen LogP contribution in [0.1, 0.15) is 48.0 Å². The number of nitrogens with zero attached hydrogens (tertiary/aromatic N) is 3. The fraction of sp³-hybridized carbons (Fsp3) is 0.647. The molecule has 0 fully saturated rings. The summed E-state index contributed by atoms with van der Waals surface area (Å²) >= 11 is 0. The van der Waals surface area contributed by atoms with Crippen molar-refractivity contribution < 1.29 is 9.53 Å². The molecule has 0 aromatic rings. The quantitative estimate of drug-likeness (QED) is 0.423. The number of carbonyl (C=O) groups excluding carboxylic acids is 1. The summed E-state index contributed by atoms with van der Waals surface area (Å²) in [5.74, 6) is 0.658. The predicted molar refractivity (Wildman–Crippen MR) is 92.9 cm³/mol. The monoisotopic (exact) mass is 309 g/mol. The average molecular weight is 309 g/mol. The maximum absolute atomic E-state index is 12.5. The Bertz CT molecular complexity index is 434. The smallest absolute Gasteiger partial charge is 0.420 e. The third-order valence-electron chi connectivity index (χ3n) is 2.80. The number of hydrogen-bond donors (Lipinski definition) is 0. The summed E-state index contributed by atoms with van der Waals surface area (Å²) in [6, 6.07) is 0. The van der Waals surface area contributed by atoms with E-state index in [4.69, 9.17) is 4.74 Å². The van der Waals surface area contributed by atoms with Crippen molar-refractivity contribution in [3.8, 4) is 0 Å². The van der Waals surface area contributed by atoms with Crippen molar-refractivity contribution in [3.63, 3.8) is 0 Å². The van der Waals surface area contributed by atoms with E-state index in [1.54, 1.807) is 6.08 Å². The van der Waals surface area contributed by atoms with Crippen molar-refractivity contribution in [2.24, 2.45) is 4.99 Å². The molecule has 0 spiro atoms. The van der Waals surface area contributed by atoms with E-state index in [1.165, 1.54) is 4.90 Å². The largest absolute Gasteiger partial charge is 0.443 e. The van der Waals surface area contributed by atoms with Gasteiger partial charge in [0.2, 0.25) is 0 Å². The van der Waals surface area contributed by atoms with E-state index in [0.717, 1.165) is 6.54 Å². The maximum Gasteiger partial charge on any atom is 0.420 e. The van der Waals surface area contributed by atoms with Gasteiger partial charge in [0.1, 0.15) is 11.4 Å². The first-order valence-electron chi connectivity index (χ1n) is 7.80. The van der Waals surface area contributed by atoms with Gasteiger partial charge >= 0.3 is 6.09 Å². The van der Waals surface area contributed by atoms with Crippen LogP contribution in [0.25, 0.3) is 0 Å². The molecule has 0 aliphatic rings. The Kier molecular flexibility index (Phi) is 8.53. The van der Waals surface area contributed by atoms with Crippen LogP contribution in [-0.2, 0) is 4.74 Å². The summed E-state index contributed by atoms with van der Waals surface area (Å²) in [6.45, 7) is 16.9. The van der Waals surface area contributed by atoms with Crippen molar-refractivity contribution >= 4 is 11.9 Å². The van der Waals surface area contributed by atoms with E-state index < -0.39 is 11.7 Å². The van der Waals surface area contributed by atoms with Crippen molar-refractivity contribution in [3.05, 3.63) is 24.6 Å². The minimum Gasteiger partial charge on any atom is -0.443 e. The van der Waals surface area contributed by atoms with Gasteiger partial charge in [-0.15, -0.1) is 0 Å². The van der Waals surface area contributed by atoms with Crippen LogP contribution in [0.3, 0.4) is 0 Å². The number of hydrogen-bond acceptors (Lipinski definition) is 4. The zero-order valence-electron chi connectivity index (χ0n) is 15.1. The highest BCUT2D eigenvalue weighted by Gasteiger charge is 2.26. The normalized spacial score (nSPS) is 12.4. The van der Waals surface area contributed by atoms with E-state index in [0.29, 0.717) is 24.5 Å². The molecule has 0 heterocycles. The molecule has 0 aromatic heterocycles. The molecule has 0 saturated carbocycles. The lowest BCUT2D eigenvalue weighted by Crippen LogP contribution is -2.39. The molecule has 5 nitrogen and oxygen atoms in total. The Hall–Kier alpha value is -1.78. The van der Waals surface area contributed by atoms with Crippen molar-refractivity contribution in [2.75, 3.05) is 20.1 Å². The maximum atomic E-state index is 12.5. The first-order chi connectivity index (χ1) is 10.2. The van der Waals surface area contributed by atoms with Crippen LogP contribution < -0.4 is 0 Å². The van der Waals surface area contributed by atoms with Crippen molar-refractivity contribution in [1.82, 2.24) is 9.80 Å². The van der Waals surface area contributed by atoms with Crippen LogP contribution in [0, 0.1) is 0 Å². The zero-order valence-corrected chi connectivity index (χ0v) is 15.1. The molecule has 0 saturated heterocycles. The summed E-state index contributed by atoms with van der Waals surface area (Å²) in [6.07, 6.45) is 3.87. The van der Waals surface area contributed by atoms with Crippen LogP contribution in [0.5, 0.6) is 0 Å². The first kappa shape index (κ1) is 20.2. The molecule has 0 rings (SSSR count). The molecule has 0 N–H and O–H groups in total. The standard InChI is InChI=1S/C17H31N3O2/c1-9-15(18-10-2)20(16(21)22-17(5,6)7)14(4)12-13-19(8)11-3/h12-13H,4,9-11H2,1-3,5-8H3/b13-12-,18-15+. The number of carbonyl (C=O) groups is 1. The summed E-state index contributed by atoms with van der Waals surface area (Å²) in [4.78, 5) is 20.4. The zero-order chi connectivity index (χ0) is 17.3. The van der Waals surface area contributed by atoms with E-state index in [2.05, 4.69) is 18.5 Å². The Labute approximate surface area is 135 Å². The minimum atomic E-state index is -0.565. The lowest BCUT2D eigenvalue weighted by Gasteiger charge is -2.28. The summed E-state index contributed by atoms with van der Waals surface area (Å²) in [5.41, 5.74) is -0.0199. The fourth-order valence-corrected chi connectivity index (χ4v) is 1.61. The van der Waals surface area contributed by atoms with Gasteiger partial charge in [0.15, 0.2) is 0 Å². The van der Waals surface area contributed by atoms with Crippen LogP contribution in [-0.4, -0.2) is 47.5 Å². The van der Waals surface area contributed by atoms with Crippen LogP contribution in [0.4, 0.5) is 4.79 Å². The van der Waals surface area contributed by atoms with E-state index in [-0.39, 0.29) is 0 Å². The molecule has 0 aliphatic carbocycles. The van der Waals surface area contributed by atoms with Gasteiger partial charge in [0, 0.05) is 38.5 Å². The molecule has 0 radical (unpaired) electrons. The lowest BCUT2D eigenvalue weighted by atomic mass is 10.2. The minimum absolute atomic E-state index is 0.449. The van der Waals surface area contributed by atoms with E-state index in [9.17, 15) is 4.79 Å². The second-order valence-corrected chi connectivity index (χ2v) is 5.94. The van der Waals surface area contributed by atoms with Gasteiger partial charge in [-0.2, -0.15) is 0 Å². The van der Waals surface area contributed by atoms with E-state index >= 15 is 0 Å². The van der Waals surface area contributed by atoms with Crippen LogP contribution in [0.2, 0.25) is 0 Å². The first-order valence-corrected chi connectivity index (χ1v) is 7.80. The Morgan fingerprint density at radius 3 is 2.27 bits per heavy atom. The number of rotatable bonds is 6. The van der Waals surface area contributed by atoms with Gasteiger partial charge in [0.05, 0.1) is 0 Å². The van der Waals surface area contributed by atoms with Gasteiger partial charge in [-0.05, 0) is 40.7 Å². The second-order valence-electron chi connectivity index (χ2n) is 5.94. The molecular formula is C17H31N3O2. The van der Waals surface area contributed by atoms with Gasteiger partial charge < -0.3 is 9.64 Å². The third-order valence-corrected chi connectivity index (χ3v) is 2.80. The molecule has 0 unspecified atom stereocenters. The summed E-state index contributed by atoms with van der Waals surface area (Å²) in [7, 11) is 1.96. The highest BCUT2D eigenvalue weighted by molar-refractivity contribution is 5.97. The molecule has 5 heteroatoms. The van der Waals surface area contributed by atoms with Gasteiger partial charge in [0.25, 0.3) is 0 Å².